The van der Waals surface area contributed by atoms with Gasteiger partial charge < -0.3 is 10.5 Å². The lowest BCUT2D eigenvalue weighted by molar-refractivity contribution is 0.411. The molecule has 1 aliphatic heterocycles. The lowest BCUT2D eigenvalue weighted by atomic mass is 10.1. The van der Waals surface area contributed by atoms with Crippen molar-refractivity contribution in [2.24, 2.45) is 11.7 Å². The van der Waals surface area contributed by atoms with Crippen molar-refractivity contribution in [3.63, 3.8) is 0 Å². The maximum absolute atomic E-state index is 12.5. The summed E-state index contributed by atoms with van der Waals surface area (Å²) in [7, 11) is -1.83. The Balaban J connectivity index is 2.27. The van der Waals surface area contributed by atoms with Crippen LogP contribution in [0.1, 0.15) is 12.0 Å². The van der Waals surface area contributed by atoms with Crippen molar-refractivity contribution < 1.29 is 13.2 Å². The van der Waals surface area contributed by atoms with Crippen LogP contribution < -0.4 is 10.5 Å². The molecule has 6 heteroatoms. The number of benzene rings is 1. The molecule has 5 nitrogen and oxygen atoms in total. The van der Waals surface area contributed by atoms with Gasteiger partial charge in [-0.3, -0.25) is 0 Å². The number of methoxy groups -OCH3 is 1. The predicted molar refractivity (Wildman–Crippen MR) is 73.7 cm³/mol. The molecule has 0 bridgehead atoms. The summed E-state index contributed by atoms with van der Waals surface area (Å²) in [5.74, 6) is 0.967. The third-order valence-corrected chi connectivity index (χ3v) is 5.45. The molecule has 2 N–H and O–H groups in total. The molecule has 1 unspecified atom stereocenters. The van der Waals surface area contributed by atoms with E-state index in [1.165, 1.54) is 4.31 Å². The van der Waals surface area contributed by atoms with Crippen molar-refractivity contribution in [3.05, 3.63) is 23.8 Å². The Morgan fingerprint density at radius 3 is 2.74 bits per heavy atom. The first-order valence-corrected chi connectivity index (χ1v) is 7.78. The second kappa shape index (κ2) is 5.48. The first kappa shape index (κ1) is 14.3. The number of hydrogen-bond donors (Lipinski definition) is 1. The molecule has 0 aromatic heterocycles. The molecular weight excluding hydrogens is 264 g/mol. The van der Waals surface area contributed by atoms with Gasteiger partial charge in [0.2, 0.25) is 10.0 Å². The van der Waals surface area contributed by atoms with E-state index in [1.807, 2.05) is 6.92 Å². The number of nitrogens with two attached hydrogens (primary N) is 1. The van der Waals surface area contributed by atoms with Crippen LogP contribution in [0.4, 0.5) is 0 Å². The summed E-state index contributed by atoms with van der Waals surface area (Å²) in [6.45, 7) is 3.44. The molecule has 0 saturated carbocycles. The highest BCUT2D eigenvalue weighted by atomic mass is 32.2. The molecule has 1 saturated heterocycles. The summed E-state index contributed by atoms with van der Waals surface area (Å²) < 4.78 is 31.7. The highest BCUT2D eigenvalue weighted by Crippen LogP contribution is 2.27. The molecule has 2 rings (SSSR count). The van der Waals surface area contributed by atoms with Crippen molar-refractivity contribution in [2.45, 2.75) is 18.2 Å². The van der Waals surface area contributed by atoms with Crippen molar-refractivity contribution in [1.29, 1.82) is 0 Å². The van der Waals surface area contributed by atoms with Crippen molar-refractivity contribution >= 4 is 10.0 Å². The normalized spacial score (nSPS) is 20.7. The van der Waals surface area contributed by atoms with Gasteiger partial charge in [0.05, 0.1) is 12.0 Å². The molecule has 1 aromatic rings. The van der Waals surface area contributed by atoms with Gasteiger partial charge in [0.1, 0.15) is 5.75 Å². The Morgan fingerprint density at radius 2 is 2.21 bits per heavy atom. The van der Waals surface area contributed by atoms with Crippen LogP contribution in [0.2, 0.25) is 0 Å². The average molecular weight is 284 g/mol. The van der Waals surface area contributed by atoms with Crippen LogP contribution in [0.25, 0.3) is 0 Å². The van der Waals surface area contributed by atoms with Crippen LogP contribution in [0.3, 0.4) is 0 Å². The van der Waals surface area contributed by atoms with E-state index in [0.29, 0.717) is 30.3 Å². The minimum atomic E-state index is -3.41. The number of hydrogen-bond acceptors (Lipinski definition) is 4. The molecule has 1 fully saturated rings. The standard InChI is InChI=1S/C13H20N2O3S/c1-10-7-12(3-4-13(10)18-2)19(16,17)15-6-5-11(8-14)9-15/h3-4,7,11H,5-6,8-9,14H2,1-2H3. The lowest BCUT2D eigenvalue weighted by Gasteiger charge is -2.17. The van der Waals surface area contributed by atoms with Gasteiger partial charge in [0.25, 0.3) is 0 Å². The van der Waals surface area contributed by atoms with Crippen LogP contribution in [-0.2, 0) is 10.0 Å². The van der Waals surface area contributed by atoms with Crippen LogP contribution in [0.5, 0.6) is 5.75 Å². The zero-order valence-corrected chi connectivity index (χ0v) is 12.1. The fourth-order valence-electron chi connectivity index (χ4n) is 2.37. The Kier molecular flexibility index (Phi) is 4.13. The minimum Gasteiger partial charge on any atom is -0.496 e. The quantitative estimate of drug-likeness (QED) is 0.894. The third-order valence-electron chi connectivity index (χ3n) is 3.59. The van der Waals surface area contributed by atoms with Gasteiger partial charge in [0.15, 0.2) is 0 Å². The Labute approximate surface area is 114 Å². The summed E-state index contributed by atoms with van der Waals surface area (Å²) in [5.41, 5.74) is 6.42. The molecule has 0 spiro atoms. The second-order valence-electron chi connectivity index (χ2n) is 4.88. The fourth-order valence-corrected chi connectivity index (χ4v) is 3.98. The van der Waals surface area contributed by atoms with Gasteiger partial charge in [-0.1, -0.05) is 0 Å². The predicted octanol–water partition coefficient (Wildman–Crippen LogP) is 0.973. The molecule has 1 aromatic carbocycles. The Hall–Kier alpha value is -1.11. The summed E-state index contributed by atoms with van der Waals surface area (Å²) in [5, 5.41) is 0. The van der Waals surface area contributed by atoms with E-state index in [1.54, 1.807) is 25.3 Å². The van der Waals surface area contributed by atoms with E-state index in [4.69, 9.17) is 10.5 Å². The van der Waals surface area contributed by atoms with Crippen molar-refractivity contribution in [2.75, 3.05) is 26.7 Å². The SMILES string of the molecule is COc1ccc(S(=O)(=O)N2CCC(CN)C2)cc1C. The molecule has 1 heterocycles. The van der Waals surface area contributed by atoms with Crippen molar-refractivity contribution in [1.82, 2.24) is 4.31 Å². The first-order valence-electron chi connectivity index (χ1n) is 6.34. The molecule has 106 valence electrons. The molecule has 0 radical (unpaired) electrons. The van der Waals surface area contributed by atoms with Gasteiger partial charge in [-0.2, -0.15) is 4.31 Å². The van der Waals surface area contributed by atoms with E-state index in [-0.39, 0.29) is 5.92 Å². The van der Waals surface area contributed by atoms with Crippen LogP contribution >= 0.6 is 0 Å². The van der Waals surface area contributed by atoms with Crippen molar-refractivity contribution in [3.8, 4) is 5.75 Å². The average Bonchev–Trinajstić information content (AvgIpc) is 2.88. The minimum absolute atomic E-state index is 0.272. The topological polar surface area (TPSA) is 72.6 Å². The summed E-state index contributed by atoms with van der Waals surface area (Å²) in [4.78, 5) is 0.323. The monoisotopic (exact) mass is 284 g/mol. The maximum Gasteiger partial charge on any atom is 0.243 e. The van der Waals surface area contributed by atoms with Gasteiger partial charge in [-0.05, 0) is 49.6 Å². The van der Waals surface area contributed by atoms with Gasteiger partial charge in [-0.15, -0.1) is 0 Å². The van der Waals surface area contributed by atoms with Gasteiger partial charge in [-0.25, -0.2) is 8.42 Å². The molecular formula is C13H20N2O3S. The zero-order chi connectivity index (χ0) is 14.0. The van der Waals surface area contributed by atoms with Gasteiger partial charge in [0, 0.05) is 13.1 Å². The highest BCUT2D eigenvalue weighted by Gasteiger charge is 2.32. The Bertz CT molecular complexity index is 557. The maximum atomic E-state index is 12.5. The molecule has 0 aliphatic carbocycles. The van der Waals surface area contributed by atoms with Crippen LogP contribution in [-0.4, -0.2) is 39.5 Å². The van der Waals surface area contributed by atoms with E-state index >= 15 is 0 Å². The van der Waals surface area contributed by atoms with Crippen LogP contribution in [0.15, 0.2) is 23.1 Å². The second-order valence-corrected chi connectivity index (χ2v) is 6.82. The number of aryl methyl sites for hydroxylation is 1. The fraction of sp³-hybridized carbons (Fsp3) is 0.538. The smallest absolute Gasteiger partial charge is 0.243 e. The van der Waals surface area contributed by atoms with Gasteiger partial charge >= 0.3 is 0 Å². The largest absolute Gasteiger partial charge is 0.496 e. The van der Waals surface area contributed by atoms with E-state index < -0.39 is 10.0 Å². The third kappa shape index (κ3) is 2.75. The van der Waals surface area contributed by atoms with E-state index in [2.05, 4.69) is 0 Å². The number of sulfonamides is 1. The van der Waals surface area contributed by atoms with E-state index in [0.717, 1.165) is 12.0 Å². The number of rotatable bonds is 4. The summed E-state index contributed by atoms with van der Waals surface area (Å²) in [6, 6.07) is 4.94. The number of nitrogens with zero attached hydrogens (tertiary/aromatic N) is 1. The molecule has 0 amide bonds. The molecule has 1 aliphatic rings. The number of ether oxygens (including phenoxy) is 1. The first-order chi connectivity index (χ1) is 8.98. The highest BCUT2D eigenvalue weighted by molar-refractivity contribution is 7.89. The van der Waals surface area contributed by atoms with E-state index in [9.17, 15) is 8.42 Å². The lowest BCUT2D eigenvalue weighted by Crippen LogP contribution is -2.30. The summed E-state index contributed by atoms with van der Waals surface area (Å²) in [6.07, 6.45) is 0.838. The molecule has 1 atom stereocenters. The summed E-state index contributed by atoms with van der Waals surface area (Å²) >= 11 is 0. The molecule has 19 heavy (non-hydrogen) atoms. The van der Waals surface area contributed by atoms with Crippen LogP contribution in [0, 0.1) is 12.8 Å². The zero-order valence-electron chi connectivity index (χ0n) is 11.3. The Morgan fingerprint density at radius 1 is 1.47 bits per heavy atom.